The number of aromatic nitrogens is 1. The van der Waals surface area contributed by atoms with Crippen molar-refractivity contribution in [1.29, 1.82) is 0 Å². The van der Waals surface area contributed by atoms with Crippen molar-refractivity contribution in [2.75, 3.05) is 37.0 Å². The summed E-state index contributed by atoms with van der Waals surface area (Å²) in [5.74, 6) is -0.166. The summed E-state index contributed by atoms with van der Waals surface area (Å²) in [6.07, 6.45) is 1.90. The summed E-state index contributed by atoms with van der Waals surface area (Å²) < 4.78 is 35.5. The second-order valence-electron chi connectivity index (χ2n) is 10.3. The minimum absolute atomic E-state index is 0.0733. The second-order valence-corrected chi connectivity index (χ2v) is 10.3. The molecule has 1 N–H and O–H groups in total. The number of amides is 1. The molecule has 0 bridgehead atoms. The van der Waals surface area contributed by atoms with Gasteiger partial charge in [0.2, 0.25) is 0 Å². The number of halogens is 2. The van der Waals surface area contributed by atoms with E-state index in [0.29, 0.717) is 28.5 Å². The van der Waals surface area contributed by atoms with Crippen molar-refractivity contribution in [3.8, 4) is 17.0 Å². The summed E-state index contributed by atoms with van der Waals surface area (Å²) in [6, 6.07) is 11.9. The predicted octanol–water partition coefficient (Wildman–Crippen LogP) is 6.02. The Morgan fingerprint density at radius 2 is 1.81 bits per heavy atom. The Morgan fingerprint density at radius 3 is 2.51 bits per heavy atom. The van der Waals surface area contributed by atoms with Crippen LogP contribution >= 0.6 is 0 Å². The first-order valence-corrected chi connectivity index (χ1v) is 12.7. The van der Waals surface area contributed by atoms with Gasteiger partial charge in [0.1, 0.15) is 11.6 Å². The van der Waals surface area contributed by atoms with Gasteiger partial charge in [-0.2, -0.15) is 0 Å². The van der Waals surface area contributed by atoms with Crippen LogP contribution in [-0.2, 0) is 4.79 Å². The van der Waals surface area contributed by atoms with Crippen molar-refractivity contribution in [3.05, 3.63) is 65.2 Å². The largest absolute Gasteiger partial charge is 0.478 e. The van der Waals surface area contributed by atoms with E-state index in [9.17, 15) is 4.79 Å². The molecule has 0 saturated carbocycles. The van der Waals surface area contributed by atoms with Crippen LogP contribution in [0.1, 0.15) is 43.7 Å². The Bertz CT molecular complexity index is 1340. The predicted molar refractivity (Wildman–Crippen MR) is 142 cm³/mol. The highest BCUT2D eigenvalue weighted by Gasteiger charge is 2.31. The molecule has 0 spiro atoms. The number of pyridine rings is 1. The van der Waals surface area contributed by atoms with Crippen molar-refractivity contribution in [1.82, 2.24) is 9.88 Å². The number of hydrogen-bond acceptors (Lipinski definition) is 5. The lowest BCUT2D eigenvalue weighted by atomic mass is 9.89. The third kappa shape index (κ3) is 5.03. The molecule has 6 nitrogen and oxygen atoms in total. The average molecular weight is 507 g/mol. The Morgan fingerprint density at radius 1 is 1.05 bits per heavy atom. The topological polar surface area (TPSA) is 57.7 Å². The molecule has 194 valence electrons. The van der Waals surface area contributed by atoms with Gasteiger partial charge in [0.05, 0.1) is 11.4 Å². The Labute approximate surface area is 216 Å². The Kier molecular flexibility index (Phi) is 6.86. The molecule has 3 aromatic rings. The van der Waals surface area contributed by atoms with Gasteiger partial charge in [0, 0.05) is 17.3 Å². The molecule has 0 atom stereocenters. The summed E-state index contributed by atoms with van der Waals surface area (Å²) >= 11 is 0. The molecule has 0 unspecified atom stereocenters. The number of aryl methyl sites for hydroxylation is 1. The zero-order chi connectivity index (χ0) is 26.3. The molecular weight excluding hydrogens is 474 g/mol. The minimum Gasteiger partial charge on any atom is -0.478 e. The summed E-state index contributed by atoms with van der Waals surface area (Å²) in [5, 5.41) is 3.19. The number of fused-ring (bicyclic) bond motifs is 1. The molecule has 1 amide bonds. The van der Waals surface area contributed by atoms with E-state index in [1.54, 1.807) is 11.0 Å². The number of ether oxygens (including phenoxy) is 1. The highest BCUT2D eigenvalue weighted by Crippen LogP contribution is 2.40. The molecule has 5 rings (SSSR count). The van der Waals surface area contributed by atoms with Crippen LogP contribution < -0.4 is 15.0 Å². The van der Waals surface area contributed by atoms with Crippen molar-refractivity contribution in [2.45, 2.75) is 45.6 Å². The normalized spacial score (nSPS) is 16.6. The molecule has 1 saturated heterocycles. The van der Waals surface area contributed by atoms with Crippen LogP contribution in [0, 0.1) is 18.6 Å². The lowest BCUT2D eigenvalue weighted by Gasteiger charge is -2.33. The molecule has 8 heteroatoms. The first-order valence-electron chi connectivity index (χ1n) is 12.7. The van der Waals surface area contributed by atoms with E-state index in [2.05, 4.69) is 17.3 Å². The van der Waals surface area contributed by atoms with E-state index in [1.165, 1.54) is 12.1 Å². The lowest BCUT2D eigenvalue weighted by Crippen LogP contribution is -2.43. The number of likely N-dealkylation sites (tertiary alicyclic amines) is 1. The van der Waals surface area contributed by atoms with Gasteiger partial charge in [0.25, 0.3) is 5.91 Å². The molecule has 2 aliphatic rings. The highest BCUT2D eigenvalue weighted by atomic mass is 19.1. The number of nitrogens with one attached hydrogen (secondary N) is 1. The maximum atomic E-state index is 15.1. The molecule has 2 aliphatic heterocycles. The van der Waals surface area contributed by atoms with E-state index in [-0.39, 0.29) is 36.0 Å². The van der Waals surface area contributed by atoms with Crippen LogP contribution in [0.25, 0.3) is 11.3 Å². The summed E-state index contributed by atoms with van der Waals surface area (Å²) in [4.78, 5) is 21.0. The van der Waals surface area contributed by atoms with Gasteiger partial charge in [-0.05, 0) is 101 Å². The Balaban J connectivity index is 1.43. The fourth-order valence-corrected chi connectivity index (χ4v) is 5.24. The number of anilines is 3. The number of nitrogens with zero attached hydrogens (tertiary/aromatic N) is 3. The van der Waals surface area contributed by atoms with E-state index in [4.69, 9.17) is 9.72 Å². The van der Waals surface area contributed by atoms with Gasteiger partial charge in [-0.1, -0.05) is 12.1 Å². The monoisotopic (exact) mass is 506 g/mol. The summed E-state index contributed by atoms with van der Waals surface area (Å²) in [7, 11) is 2.09. The molecular formula is C29H32F2N4O2. The van der Waals surface area contributed by atoms with Gasteiger partial charge in [0.15, 0.2) is 18.2 Å². The van der Waals surface area contributed by atoms with Gasteiger partial charge in [-0.3, -0.25) is 4.79 Å². The van der Waals surface area contributed by atoms with Crippen molar-refractivity contribution >= 4 is 23.1 Å². The van der Waals surface area contributed by atoms with Crippen LogP contribution in [0.2, 0.25) is 0 Å². The fourth-order valence-electron chi connectivity index (χ4n) is 5.24. The molecule has 1 aromatic heterocycles. The number of piperidine rings is 1. The Hall–Kier alpha value is -3.52. The minimum atomic E-state index is -0.545. The number of carbonyl (C=O) groups excluding carboxylic acids is 1. The SMILES string of the molecule is Cc1ccc(Nc2ccc(C3CCN(C)CC3)c(F)c2)nc1-c1cc(F)c2c(c1)N(C(C)C)C(=O)CO2. The lowest BCUT2D eigenvalue weighted by molar-refractivity contribution is -0.121. The van der Waals surface area contributed by atoms with Crippen molar-refractivity contribution < 1.29 is 18.3 Å². The molecule has 0 radical (unpaired) electrons. The van der Waals surface area contributed by atoms with Gasteiger partial charge in [-0.25, -0.2) is 13.8 Å². The first-order chi connectivity index (χ1) is 17.7. The van der Waals surface area contributed by atoms with E-state index >= 15 is 8.78 Å². The fraction of sp³-hybridized carbons (Fsp3) is 0.379. The second kappa shape index (κ2) is 10.1. The summed E-state index contributed by atoms with van der Waals surface area (Å²) in [6.45, 7) is 7.40. The smallest absolute Gasteiger partial charge is 0.265 e. The van der Waals surface area contributed by atoms with Crippen LogP contribution in [-0.4, -0.2) is 48.6 Å². The van der Waals surface area contributed by atoms with Crippen LogP contribution in [0.3, 0.4) is 0 Å². The number of hydrogen-bond donors (Lipinski definition) is 1. The van der Waals surface area contributed by atoms with Crippen LogP contribution in [0.5, 0.6) is 5.75 Å². The number of carbonyl (C=O) groups is 1. The van der Waals surface area contributed by atoms with Gasteiger partial charge >= 0.3 is 0 Å². The standard InChI is InChI=1S/C29H32F2N4O2/c1-17(2)35-25-14-20(13-24(31)29(25)37-16-27(35)36)28-18(3)5-8-26(33-28)32-21-6-7-22(23(30)15-21)19-9-11-34(4)12-10-19/h5-8,13-15,17,19H,9-12,16H2,1-4H3,(H,32,33). The molecule has 1 fully saturated rings. The number of rotatable bonds is 5. The molecule has 2 aromatic carbocycles. The third-order valence-electron chi connectivity index (χ3n) is 7.21. The molecule has 3 heterocycles. The van der Waals surface area contributed by atoms with Crippen LogP contribution in [0.15, 0.2) is 42.5 Å². The summed E-state index contributed by atoms with van der Waals surface area (Å²) in [5.41, 5.74) is 3.69. The quantitative estimate of drug-likeness (QED) is 0.459. The van der Waals surface area contributed by atoms with E-state index in [1.807, 2.05) is 45.0 Å². The average Bonchev–Trinajstić information content (AvgIpc) is 2.85. The maximum absolute atomic E-state index is 15.1. The zero-order valence-electron chi connectivity index (χ0n) is 21.6. The van der Waals surface area contributed by atoms with Crippen molar-refractivity contribution in [2.24, 2.45) is 0 Å². The van der Waals surface area contributed by atoms with Crippen LogP contribution in [0.4, 0.5) is 26.0 Å². The highest BCUT2D eigenvalue weighted by molar-refractivity contribution is 5.99. The van der Waals surface area contributed by atoms with Gasteiger partial charge < -0.3 is 19.9 Å². The number of benzene rings is 2. The first kappa shape index (κ1) is 25.1. The maximum Gasteiger partial charge on any atom is 0.265 e. The van der Waals surface area contributed by atoms with E-state index in [0.717, 1.165) is 37.1 Å². The van der Waals surface area contributed by atoms with E-state index < -0.39 is 5.82 Å². The third-order valence-corrected chi connectivity index (χ3v) is 7.21. The zero-order valence-corrected chi connectivity index (χ0v) is 21.6. The molecule has 0 aliphatic carbocycles. The molecule has 37 heavy (non-hydrogen) atoms. The van der Waals surface area contributed by atoms with Crippen molar-refractivity contribution in [3.63, 3.8) is 0 Å². The van der Waals surface area contributed by atoms with Gasteiger partial charge in [-0.15, -0.1) is 0 Å².